The second-order valence-corrected chi connectivity index (χ2v) is 8.33. The number of aromatic nitrogens is 3. The van der Waals surface area contributed by atoms with Crippen LogP contribution in [0.3, 0.4) is 0 Å². The van der Waals surface area contributed by atoms with E-state index in [4.69, 9.17) is 0 Å². The number of esters is 1. The van der Waals surface area contributed by atoms with Crippen LogP contribution in [-0.4, -0.2) is 45.4 Å². The lowest BCUT2D eigenvalue weighted by atomic mass is 10.1. The van der Waals surface area contributed by atoms with Gasteiger partial charge < -0.3 is 19.9 Å². The first kappa shape index (κ1) is 24.0. The van der Waals surface area contributed by atoms with Gasteiger partial charge >= 0.3 is 5.97 Å². The van der Waals surface area contributed by atoms with Crippen LogP contribution < -0.4 is 10.6 Å². The molecule has 0 bridgehead atoms. The van der Waals surface area contributed by atoms with Crippen molar-refractivity contribution in [3.8, 4) is 0 Å². The molecule has 9 nitrogen and oxygen atoms in total. The molecule has 0 aliphatic heterocycles. The lowest BCUT2D eigenvalue weighted by molar-refractivity contribution is -0.116. The highest BCUT2D eigenvalue weighted by Gasteiger charge is 2.15. The summed E-state index contributed by atoms with van der Waals surface area (Å²) in [7, 11) is 3.06. The van der Waals surface area contributed by atoms with Crippen molar-refractivity contribution in [2.75, 3.05) is 23.5 Å². The summed E-state index contributed by atoms with van der Waals surface area (Å²) in [5.74, 6) is -0.261. The van der Waals surface area contributed by atoms with Gasteiger partial charge in [0, 0.05) is 18.4 Å². The maximum atomic E-state index is 12.4. The number of hydrogen-bond donors (Lipinski definition) is 2. The Kier molecular flexibility index (Phi) is 7.83. The van der Waals surface area contributed by atoms with Gasteiger partial charge in [0.15, 0.2) is 5.16 Å². The van der Waals surface area contributed by atoms with Crippen LogP contribution in [0.1, 0.15) is 27.3 Å². The zero-order valence-electron chi connectivity index (χ0n) is 18.8. The summed E-state index contributed by atoms with van der Waals surface area (Å²) in [6, 6.07) is 12.2. The van der Waals surface area contributed by atoms with E-state index < -0.39 is 5.97 Å². The second-order valence-electron chi connectivity index (χ2n) is 7.39. The molecule has 0 spiro atoms. The lowest BCUT2D eigenvalue weighted by Crippen LogP contribution is -2.17. The monoisotopic (exact) mass is 467 g/mol. The van der Waals surface area contributed by atoms with Gasteiger partial charge in [0.05, 0.1) is 24.8 Å². The number of amides is 2. The molecule has 0 fully saturated rings. The van der Waals surface area contributed by atoms with Crippen molar-refractivity contribution < 1.29 is 19.1 Å². The van der Waals surface area contributed by atoms with E-state index in [0.717, 1.165) is 16.8 Å². The minimum Gasteiger partial charge on any atom is -0.465 e. The van der Waals surface area contributed by atoms with Crippen LogP contribution >= 0.6 is 11.8 Å². The van der Waals surface area contributed by atoms with Crippen molar-refractivity contribution in [3.05, 3.63) is 65.0 Å². The molecule has 0 radical (unpaired) electrons. The van der Waals surface area contributed by atoms with E-state index >= 15 is 0 Å². The van der Waals surface area contributed by atoms with Gasteiger partial charge in [-0.05, 0) is 61.4 Å². The van der Waals surface area contributed by atoms with Gasteiger partial charge in [-0.3, -0.25) is 9.59 Å². The zero-order chi connectivity index (χ0) is 24.0. The van der Waals surface area contributed by atoms with Gasteiger partial charge in [0.2, 0.25) is 11.8 Å². The maximum absolute atomic E-state index is 12.4. The third-order valence-corrected chi connectivity index (χ3v) is 5.98. The maximum Gasteiger partial charge on any atom is 0.337 e. The number of hydrogen-bond acceptors (Lipinski definition) is 7. The molecular weight excluding hydrogens is 442 g/mol. The molecule has 0 saturated carbocycles. The fourth-order valence-corrected chi connectivity index (χ4v) is 3.66. The number of nitrogens with one attached hydrogen (secondary N) is 2. The molecule has 0 aliphatic carbocycles. The van der Waals surface area contributed by atoms with E-state index in [9.17, 15) is 14.4 Å². The summed E-state index contributed by atoms with van der Waals surface area (Å²) in [6.07, 6.45) is 0.0652. The molecule has 2 N–H and O–H groups in total. The number of benzene rings is 2. The van der Waals surface area contributed by atoms with Crippen LogP contribution in [0.5, 0.6) is 0 Å². The van der Waals surface area contributed by atoms with E-state index in [1.807, 2.05) is 32.0 Å². The highest BCUT2D eigenvalue weighted by molar-refractivity contribution is 7.99. The van der Waals surface area contributed by atoms with Crippen LogP contribution in [0.25, 0.3) is 0 Å². The number of aryl methyl sites for hydroxylation is 2. The minimum absolute atomic E-state index is 0.0652. The highest BCUT2D eigenvalue weighted by atomic mass is 32.2. The van der Waals surface area contributed by atoms with E-state index in [0.29, 0.717) is 22.2 Å². The first-order chi connectivity index (χ1) is 15.8. The molecule has 1 heterocycles. The van der Waals surface area contributed by atoms with Crippen LogP contribution in [0, 0.1) is 13.8 Å². The van der Waals surface area contributed by atoms with Crippen LogP contribution in [0.15, 0.2) is 47.6 Å². The van der Waals surface area contributed by atoms with E-state index in [1.54, 1.807) is 35.9 Å². The molecule has 0 aliphatic rings. The third-order valence-electron chi connectivity index (χ3n) is 4.96. The number of carbonyl (C=O) groups is 3. The molecule has 0 saturated heterocycles. The molecule has 3 aromatic rings. The summed E-state index contributed by atoms with van der Waals surface area (Å²) in [5, 5.41) is 14.3. The summed E-state index contributed by atoms with van der Waals surface area (Å²) in [5.41, 5.74) is 3.96. The van der Waals surface area contributed by atoms with Crippen LogP contribution in [-0.2, 0) is 27.8 Å². The van der Waals surface area contributed by atoms with Gasteiger partial charge in [0.25, 0.3) is 0 Å². The molecule has 2 aromatic carbocycles. The van der Waals surface area contributed by atoms with Gasteiger partial charge in [-0.15, -0.1) is 10.2 Å². The molecule has 33 heavy (non-hydrogen) atoms. The smallest absolute Gasteiger partial charge is 0.337 e. The van der Waals surface area contributed by atoms with Crippen molar-refractivity contribution >= 4 is 40.9 Å². The first-order valence-electron chi connectivity index (χ1n) is 10.1. The normalized spacial score (nSPS) is 10.5. The largest absolute Gasteiger partial charge is 0.465 e. The predicted octanol–water partition coefficient (Wildman–Crippen LogP) is 3.13. The summed E-state index contributed by atoms with van der Waals surface area (Å²) < 4.78 is 6.35. The Bertz CT molecular complexity index is 1170. The third kappa shape index (κ3) is 6.42. The summed E-state index contributed by atoms with van der Waals surface area (Å²) in [4.78, 5) is 36.1. The topological polar surface area (TPSA) is 115 Å². The van der Waals surface area contributed by atoms with Crippen molar-refractivity contribution in [1.82, 2.24) is 14.8 Å². The quantitative estimate of drug-likeness (QED) is 0.386. The van der Waals surface area contributed by atoms with Gasteiger partial charge in [-0.2, -0.15) is 0 Å². The molecule has 2 amide bonds. The first-order valence-corrected chi connectivity index (χ1v) is 11.1. The molecule has 3 rings (SSSR count). The van der Waals surface area contributed by atoms with Gasteiger partial charge in [-0.1, -0.05) is 17.8 Å². The lowest BCUT2D eigenvalue weighted by Gasteiger charge is -2.08. The second kappa shape index (κ2) is 10.8. The molecule has 10 heteroatoms. The van der Waals surface area contributed by atoms with Gasteiger partial charge in [-0.25, -0.2) is 4.79 Å². The Balaban J connectivity index is 1.51. The standard InChI is InChI=1S/C23H25N5O4S/c1-14-5-8-18(11-15(14)2)25-20(29)12-19-26-27-23(28(19)3)33-13-21(30)24-17-9-6-16(7-10-17)22(31)32-4/h5-11H,12-13H2,1-4H3,(H,24,30)(H,25,29). The SMILES string of the molecule is COC(=O)c1ccc(NC(=O)CSc2nnc(CC(=O)Nc3ccc(C)c(C)c3)n2C)cc1. The minimum atomic E-state index is -0.441. The Hall–Kier alpha value is -3.66. The average molecular weight is 468 g/mol. The number of rotatable bonds is 8. The number of methoxy groups -OCH3 is 1. The van der Waals surface area contributed by atoms with Crippen molar-refractivity contribution in [1.29, 1.82) is 0 Å². The number of anilines is 2. The fraction of sp³-hybridized carbons (Fsp3) is 0.261. The predicted molar refractivity (Wildman–Crippen MR) is 126 cm³/mol. The molecule has 0 atom stereocenters. The number of nitrogens with zero attached hydrogens (tertiary/aromatic N) is 3. The molecule has 1 aromatic heterocycles. The Morgan fingerprint density at radius 1 is 0.939 bits per heavy atom. The number of thioether (sulfide) groups is 1. The fourth-order valence-electron chi connectivity index (χ4n) is 2.93. The van der Waals surface area contributed by atoms with Crippen molar-refractivity contribution in [3.63, 3.8) is 0 Å². The summed E-state index contributed by atoms with van der Waals surface area (Å²) >= 11 is 1.21. The number of ether oxygens (including phenoxy) is 1. The zero-order valence-corrected chi connectivity index (χ0v) is 19.7. The van der Waals surface area contributed by atoms with E-state index in [2.05, 4.69) is 25.6 Å². The summed E-state index contributed by atoms with van der Waals surface area (Å²) in [6.45, 7) is 4.01. The van der Waals surface area contributed by atoms with Crippen LogP contribution in [0.4, 0.5) is 11.4 Å². The van der Waals surface area contributed by atoms with Crippen LogP contribution in [0.2, 0.25) is 0 Å². The van der Waals surface area contributed by atoms with E-state index in [1.165, 1.54) is 18.9 Å². The Labute approximate surface area is 195 Å². The molecular formula is C23H25N5O4S. The van der Waals surface area contributed by atoms with Gasteiger partial charge in [0.1, 0.15) is 5.82 Å². The number of carbonyl (C=O) groups excluding carboxylic acids is 3. The Morgan fingerprint density at radius 3 is 2.27 bits per heavy atom. The average Bonchev–Trinajstić information content (AvgIpc) is 3.13. The van der Waals surface area contributed by atoms with Crippen molar-refractivity contribution in [2.24, 2.45) is 7.05 Å². The highest BCUT2D eigenvalue weighted by Crippen LogP contribution is 2.18. The molecule has 172 valence electrons. The van der Waals surface area contributed by atoms with Crippen molar-refractivity contribution in [2.45, 2.75) is 25.4 Å². The van der Waals surface area contributed by atoms with E-state index in [-0.39, 0.29) is 24.0 Å². The molecule has 0 unspecified atom stereocenters. The Morgan fingerprint density at radius 2 is 1.61 bits per heavy atom.